The lowest BCUT2D eigenvalue weighted by Gasteiger charge is -2.31. The van der Waals surface area contributed by atoms with Gasteiger partial charge in [-0.05, 0) is 18.2 Å². The molecule has 5 nitrogen and oxygen atoms in total. The van der Waals surface area contributed by atoms with Gasteiger partial charge in [-0.1, -0.05) is 6.07 Å². The zero-order valence-corrected chi connectivity index (χ0v) is 12.1. The van der Waals surface area contributed by atoms with Gasteiger partial charge in [-0.25, -0.2) is 0 Å². The molecule has 0 bridgehead atoms. The molecule has 1 saturated heterocycles. The number of aliphatic hydroxyl groups excluding tert-OH is 3. The number of rotatable bonds is 0. The molecule has 0 aliphatic carbocycles. The van der Waals surface area contributed by atoms with Crippen LogP contribution in [0.1, 0.15) is 11.1 Å². The fourth-order valence-electron chi connectivity index (χ4n) is 1.45. The maximum absolute atomic E-state index is 9.11. The van der Waals surface area contributed by atoms with Crippen molar-refractivity contribution in [1.29, 1.82) is 10.5 Å². The summed E-state index contributed by atoms with van der Waals surface area (Å²) in [6, 6.07) is 10.5. The first-order chi connectivity index (χ1) is 9.49. The Morgan fingerprint density at radius 1 is 1.10 bits per heavy atom. The second kappa shape index (κ2) is 8.15. The Labute approximate surface area is 126 Å². The van der Waals surface area contributed by atoms with Crippen LogP contribution in [-0.4, -0.2) is 44.0 Å². The third kappa shape index (κ3) is 4.71. The van der Waals surface area contributed by atoms with Crippen molar-refractivity contribution in [3.63, 3.8) is 0 Å². The summed E-state index contributed by atoms with van der Waals surface area (Å²) in [5.74, 6) is 0.437. The molecule has 4 atom stereocenters. The Kier molecular flexibility index (Phi) is 6.86. The third-order valence-corrected chi connectivity index (χ3v) is 4.50. The molecule has 0 radical (unpaired) electrons. The molecule has 1 aliphatic rings. The monoisotopic (exact) mass is 310 g/mol. The van der Waals surface area contributed by atoms with Gasteiger partial charge in [-0.3, -0.25) is 0 Å². The van der Waals surface area contributed by atoms with Gasteiger partial charge < -0.3 is 15.3 Å². The topological polar surface area (TPSA) is 108 Å². The van der Waals surface area contributed by atoms with E-state index in [1.54, 1.807) is 24.3 Å². The highest BCUT2D eigenvalue weighted by Crippen LogP contribution is 2.28. The molecule has 1 aromatic rings. The van der Waals surface area contributed by atoms with Crippen LogP contribution in [0.3, 0.4) is 0 Å². The van der Waals surface area contributed by atoms with E-state index in [1.165, 1.54) is 11.8 Å². The molecule has 0 unspecified atom stereocenters. The lowest BCUT2D eigenvalue weighted by Crippen LogP contribution is -2.47. The van der Waals surface area contributed by atoms with E-state index >= 15 is 0 Å². The summed E-state index contributed by atoms with van der Waals surface area (Å²) in [5.41, 5.74) is 1.05. The van der Waals surface area contributed by atoms with Crippen molar-refractivity contribution in [2.75, 3.05) is 5.75 Å². The van der Waals surface area contributed by atoms with E-state index in [-0.39, 0.29) is 4.58 Å². The average molecular weight is 310 g/mol. The molecule has 20 heavy (non-hydrogen) atoms. The summed E-state index contributed by atoms with van der Waals surface area (Å²) in [6.45, 7) is 0. The van der Waals surface area contributed by atoms with Crippen molar-refractivity contribution in [1.82, 2.24) is 0 Å². The number of hydrogen-bond donors (Lipinski definition) is 4. The van der Waals surface area contributed by atoms with Crippen LogP contribution in [0.4, 0.5) is 0 Å². The molecule has 1 aliphatic heterocycles. The molecule has 1 fully saturated rings. The van der Waals surface area contributed by atoms with E-state index < -0.39 is 18.3 Å². The Balaban J connectivity index is 0.000000200. The molecule has 0 saturated carbocycles. The Bertz CT molecular complexity index is 484. The molecule has 1 aromatic carbocycles. The lowest BCUT2D eigenvalue weighted by atomic mass is 10.1. The Hall–Kier alpha value is -1.22. The highest BCUT2D eigenvalue weighted by molar-refractivity contribution is 8.10. The maximum Gasteiger partial charge on any atom is 0.108 e. The van der Waals surface area contributed by atoms with Crippen molar-refractivity contribution in [2.45, 2.75) is 22.9 Å². The zero-order valence-electron chi connectivity index (χ0n) is 10.4. The minimum atomic E-state index is -1.04. The van der Waals surface area contributed by atoms with Gasteiger partial charge in [0, 0.05) is 5.75 Å². The van der Waals surface area contributed by atoms with Crippen molar-refractivity contribution in [2.24, 2.45) is 0 Å². The van der Waals surface area contributed by atoms with Crippen molar-refractivity contribution in [3.8, 4) is 12.1 Å². The highest BCUT2D eigenvalue weighted by Gasteiger charge is 2.34. The zero-order chi connectivity index (χ0) is 15.1. The molecule has 0 aromatic heterocycles. The van der Waals surface area contributed by atoms with Gasteiger partial charge in [0.25, 0.3) is 0 Å². The first kappa shape index (κ1) is 16.8. The van der Waals surface area contributed by atoms with Crippen molar-refractivity contribution in [3.05, 3.63) is 35.4 Å². The summed E-state index contributed by atoms with van der Waals surface area (Å²) in [7, 11) is 0. The fourth-order valence-corrected chi connectivity index (χ4v) is 2.83. The Morgan fingerprint density at radius 2 is 1.65 bits per heavy atom. The van der Waals surface area contributed by atoms with Gasteiger partial charge in [0.05, 0.1) is 34.0 Å². The summed E-state index contributed by atoms with van der Waals surface area (Å²) in [4.78, 5) is 0. The van der Waals surface area contributed by atoms with Gasteiger partial charge in [-0.2, -0.15) is 23.2 Å². The van der Waals surface area contributed by atoms with Crippen LogP contribution in [0.15, 0.2) is 24.3 Å². The normalized spacial score (nSPS) is 28.5. The molecule has 1 heterocycles. The van der Waals surface area contributed by atoms with E-state index in [4.69, 9.17) is 25.8 Å². The fraction of sp³-hybridized carbons (Fsp3) is 0.385. The first-order valence-electron chi connectivity index (χ1n) is 5.73. The van der Waals surface area contributed by atoms with Gasteiger partial charge in [0.2, 0.25) is 0 Å². The molecule has 0 spiro atoms. The number of hydrogen-bond acceptors (Lipinski definition) is 7. The minimum Gasteiger partial charge on any atom is -0.389 e. The summed E-state index contributed by atoms with van der Waals surface area (Å²) in [6.07, 6.45) is -2.77. The number of nitrogens with zero attached hydrogens (tertiary/aromatic N) is 2. The number of benzene rings is 1. The number of thiol groups is 1. The smallest absolute Gasteiger partial charge is 0.108 e. The average Bonchev–Trinajstić information content (AvgIpc) is 2.49. The van der Waals surface area contributed by atoms with Gasteiger partial charge in [0.15, 0.2) is 0 Å². The van der Waals surface area contributed by atoms with E-state index in [9.17, 15) is 0 Å². The van der Waals surface area contributed by atoms with E-state index in [1.807, 2.05) is 12.1 Å². The summed E-state index contributed by atoms with van der Waals surface area (Å²) >= 11 is 5.34. The largest absolute Gasteiger partial charge is 0.389 e. The highest BCUT2D eigenvalue weighted by atomic mass is 32.2. The van der Waals surface area contributed by atoms with Crippen LogP contribution in [0.25, 0.3) is 0 Å². The number of thioether (sulfide) groups is 1. The minimum absolute atomic E-state index is 0.279. The van der Waals surface area contributed by atoms with E-state index in [0.29, 0.717) is 16.9 Å². The van der Waals surface area contributed by atoms with Crippen LogP contribution in [-0.2, 0) is 0 Å². The quantitative estimate of drug-likeness (QED) is 0.520. The van der Waals surface area contributed by atoms with Crippen LogP contribution < -0.4 is 0 Å². The SMILES string of the molecule is N#Cc1cccc(C#N)c1.O[C@@H]1[C@@H](O)[C@H](S)SC[C@H]1O. The third-order valence-electron chi connectivity index (χ3n) is 2.59. The maximum atomic E-state index is 9.11. The predicted octanol–water partition coefficient (Wildman–Crippen LogP) is 0.502. The molecular formula is C13H14N2O3S2. The summed E-state index contributed by atoms with van der Waals surface area (Å²) in [5, 5.41) is 44.0. The lowest BCUT2D eigenvalue weighted by molar-refractivity contribution is -0.0472. The number of nitriles is 2. The second-order valence-electron chi connectivity index (χ2n) is 4.08. The van der Waals surface area contributed by atoms with Gasteiger partial charge in [0.1, 0.15) is 12.2 Å². The number of aliphatic hydroxyl groups is 3. The summed E-state index contributed by atoms with van der Waals surface area (Å²) < 4.78 is -0.279. The van der Waals surface area contributed by atoms with Crippen LogP contribution >= 0.6 is 24.4 Å². The van der Waals surface area contributed by atoms with E-state index in [2.05, 4.69) is 12.6 Å². The molecule has 7 heteroatoms. The second-order valence-corrected chi connectivity index (χ2v) is 6.16. The molecule has 0 amide bonds. The van der Waals surface area contributed by atoms with Gasteiger partial charge >= 0.3 is 0 Å². The first-order valence-corrected chi connectivity index (χ1v) is 7.30. The predicted molar refractivity (Wildman–Crippen MR) is 79.1 cm³/mol. The van der Waals surface area contributed by atoms with Crippen LogP contribution in [0, 0.1) is 22.7 Å². The van der Waals surface area contributed by atoms with Gasteiger partial charge in [-0.15, -0.1) is 11.8 Å². The van der Waals surface area contributed by atoms with Crippen LogP contribution in [0.2, 0.25) is 0 Å². The van der Waals surface area contributed by atoms with Crippen molar-refractivity contribution >= 4 is 24.4 Å². The van der Waals surface area contributed by atoms with E-state index in [0.717, 1.165) is 0 Å². The molecular weight excluding hydrogens is 296 g/mol. The van der Waals surface area contributed by atoms with Crippen LogP contribution in [0.5, 0.6) is 0 Å². The molecule has 106 valence electrons. The molecule has 2 rings (SSSR count). The standard InChI is InChI=1S/C8H4N2.C5H10O3S2/c9-5-7-2-1-3-8(4-7)6-10;6-2-1-10-5(9)4(8)3(2)7/h1-4H;2-9H,1H2/t;2-,3+,4-,5-/m.1/s1. The Morgan fingerprint density at radius 3 is 2.10 bits per heavy atom. The molecule has 3 N–H and O–H groups in total. The van der Waals surface area contributed by atoms with Crippen molar-refractivity contribution < 1.29 is 15.3 Å².